The standard InChI is InChI=1S/C19H13F4N3O4/c1-11-2-7-15(29-13-3-5-14(6-4-13)30-19(21,22)23)16(17(11)20)18(27)25-12-8-9-26(28)24-10-12/h2-10,28H,1H3/p+1. The van der Waals surface area contributed by atoms with E-state index in [0.29, 0.717) is 4.85 Å². The molecule has 30 heavy (non-hydrogen) atoms. The number of nitrogens with zero attached hydrogens (tertiary/aromatic N) is 2. The Labute approximate surface area is 167 Å². The summed E-state index contributed by atoms with van der Waals surface area (Å²) in [5.74, 6) is -2.23. The average Bonchev–Trinajstić information content (AvgIpc) is 2.67. The minimum Gasteiger partial charge on any atom is -0.456 e. The van der Waals surface area contributed by atoms with E-state index in [1.807, 2.05) is 0 Å². The van der Waals surface area contributed by atoms with E-state index in [-0.39, 0.29) is 22.7 Å². The second-order valence-corrected chi connectivity index (χ2v) is 5.98. The predicted molar refractivity (Wildman–Crippen MR) is 93.9 cm³/mol. The molecule has 0 aliphatic heterocycles. The van der Waals surface area contributed by atoms with Crippen LogP contribution in [0.4, 0.5) is 23.2 Å². The second kappa shape index (κ2) is 8.23. The van der Waals surface area contributed by atoms with Crippen LogP contribution in [0.2, 0.25) is 0 Å². The van der Waals surface area contributed by atoms with Gasteiger partial charge in [0.05, 0.1) is 5.69 Å². The van der Waals surface area contributed by atoms with Crippen LogP contribution in [0.3, 0.4) is 0 Å². The molecule has 156 valence electrons. The number of benzene rings is 2. The minimum absolute atomic E-state index is 0.0597. The van der Waals surface area contributed by atoms with Crippen LogP contribution in [0.15, 0.2) is 54.9 Å². The lowest BCUT2D eigenvalue weighted by atomic mass is 10.1. The fourth-order valence-electron chi connectivity index (χ4n) is 2.41. The zero-order chi connectivity index (χ0) is 21.9. The molecule has 0 aliphatic carbocycles. The van der Waals surface area contributed by atoms with Crippen molar-refractivity contribution in [3.05, 3.63) is 71.8 Å². The molecule has 2 aromatic carbocycles. The van der Waals surface area contributed by atoms with E-state index in [1.165, 1.54) is 37.3 Å². The van der Waals surface area contributed by atoms with Gasteiger partial charge in [0, 0.05) is 11.2 Å². The molecule has 1 aromatic heterocycles. The van der Waals surface area contributed by atoms with Gasteiger partial charge in [-0.05, 0) is 42.8 Å². The highest BCUT2D eigenvalue weighted by Gasteiger charge is 2.31. The maximum atomic E-state index is 14.7. The topological polar surface area (TPSA) is 84.6 Å². The molecule has 2 N–H and O–H groups in total. The van der Waals surface area contributed by atoms with Crippen LogP contribution in [0.1, 0.15) is 15.9 Å². The molecule has 0 saturated carbocycles. The molecule has 0 radical (unpaired) electrons. The highest BCUT2D eigenvalue weighted by molar-refractivity contribution is 6.06. The third-order valence-electron chi connectivity index (χ3n) is 3.77. The van der Waals surface area contributed by atoms with Crippen molar-refractivity contribution in [3.8, 4) is 17.2 Å². The van der Waals surface area contributed by atoms with Gasteiger partial charge in [0.15, 0.2) is 0 Å². The van der Waals surface area contributed by atoms with Crippen molar-refractivity contribution >= 4 is 11.6 Å². The van der Waals surface area contributed by atoms with Gasteiger partial charge in [0.1, 0.15) is 39.7 Å². The molecular weight excluding hydrogens is 410 g/mol. The van der Waals surface area contributed by atoms with Gasteiger partial charge in [-0.2, -0.15) is 0 Å². The van der Waals surface area contributed by atoms with Crippen molar-refractivity contribution in [1.29, 1.82) is 0 Å². The normalized spacial score (nSPS) is 11.1. The van der Waals surface area contributed by atoms with E-state index in [2.05, 4.69) is 15.2 Å². The molecule has 3 aromatic rings. The van der Waals surface area contributed by atoms with Crippen molar-refractivity contribution < 1.29 is 41.9 Å². The third-order valence-corrected chi connectivity index (χ3v) is 3.77. The number of carbonyl (C=O) groups is 1. The number of aromatic nitrogens is 2. The van der Waals surface area contributed by atoms with E-state index in [1.54, 1.807) is 0 Å². The van der Waals surface area contributed by atoms with E-state index in [9.17, 15) is 22.4 Å². The first-order valence-corrected chi connectivity index (χ1v) is 8.34. The predicted octanol–water partition coefficient (Wildman–Crippen LogP) is 4.00. The summed E-state index contributed by atoms with van der Waals surface area (Å²) >= 11 is 0. The van der Waals surface area contributed by atoms with Gasteiger partial charge in [0.2, 0.25) is 0 Å². The lowest BCUT2D eigenvalue weighted by Gasteiger charge is -2.14. The Morgan fingerprint density at radius 2 is 1.77 bits per heavy atom. The summed E-state index contributed by atoms with van der Waals surface area (Å²) in [5.41, 5.74) is -0.0435. The lowest BCUT2D eigenvalue weighted by molar-refractivity contribution is -0.948. The van der Waals surface area contributed by atoms with E-state index >= 15 is 0 Å². The monoisotopic (exact) mass is 424 g/mol. The Hall–Kier alpha value is -3.89. The Bertz CT molecular complexity index is 1060. The second-order valence-electron chi connectivity index (χ2n) is 5.98. The Balaban J connectivity index is 1.85. The number of nitrogens with one attached hydrogen (secondary N) is 1. The lowest BCUT2D eigenvalue weighted by Crippen LogP contribution is -2.33. The SMILES string of the molecule is Cc1ccc(Oc2ccc(OC(F)(F)F)cc2)c(C(=O)Nc2cc[n+](O)nc2)c1F. The number of ether oxygens (including phenoxy) is 2. The summed E-state index contributed by atoms with van der Waals surface area (Å²) in [5, 5.41) is 15.1. The molecule has 0 spiro atoms. The minimum atomic E-state index is -4.84. The zero-order valence-electron chi connectivity index (χ0n) is 15.3. The average molecular weight is 424 g/mol. The number of aryl methyl sites for hydroxylation is 1. The van der Waals surface area contributed by atoms with Gasteiger partial charge < -0.3 is 14.8 Å². The van der Waals surface area contributed by atoms with Crippen molar-refractivity contribution in [1.82, 2.24) is 5.10 Å². The number of carbonyl (C=O) groups excluding carboxylic acids is 1. The van der Waals surface area contributed by atoms with Crippen LogP contribution >= 0.6 is 0 Å². The molecular formula is C19H14F4N3O4+. The maximum absolute atomic E-state index is 14.7. The highest BCUT2D eigenvalue weighted by atomic mass is 19.4. The zero-order valence-corrected chi connectivity index (χ0v) is 15.3. The summed E-state index contributed by atoms with van der Waals surface area (Å²) in [4.78, 5) is 13.1. The molecule has 7 nitrogen and oxygen atoms in total. The number of alkyl halides is 3. The van der Waals surface area contributed by atoms with Gasteiger partial charge in [0.25, 0.3) is 12.1 Å². The van der Waals surface area contributed by atoms with E-state index in [4.69, 9.17) is 9.94 Å². The first-order valence-electron chi connectivity index (χ1n) is 8.34. The van der Waals surface area contributed by atoms with E-state index in [0.717, 1.165) is 24.5 Å². The fourth-order valence-corrected chi connectivity index (χ4v) is 2.41. The number of anilines is 1. The van der Waals surface area contributed by atoms with Gasteiger partial charge >= 0.3 is 6.36 Å². The molecule has 1 amide bonds. The number of hydrogen-bond acceptors (Lipinski definition) is 5. The summed E-state index contributed by atoms with van der Waals surface area (Å²) in [6, 6.07) is 8.49. The summed E-state index contributed by atoms with van der Waals surface area (Å²) in [6.07, 6.45) is -2.54. The Kier molecular flexibility index (Phi) is 5.72. The molecule has 0 fully saturated rings. The largest absolute Gasteiger partial charge is 0.573 e. The van der Waals surface area contributed by atoms with Crippen molar-refractivity contribution in [2.75, 3.05) is 5.32 Å². The van der Waals surface area contributed by atoms with Crippen LogP contribution in [0, 0.1) is 12.7 Å². The van der Waals surface area contributed by atoms with Gasteiger partial charge in [-0.25, -0.2) is 4.39 Å². The highest BCUT2D eigenvalue weighted by Crippen LogP contribution is 2.31. The van der Waals surface area contributed by atoms with Crippen LogP contribution in [-0.2, 0) is 0 Å². The number of rotatable bonds is 5. The first-order chi connectivity index (χ1) is 14.1. The first kappa shape index (κ1) is 20.8. The number of halogens is 4. The summed E-state index contributed by atoms with van der Waals surface area (Å²) < 4.78 is 60.7. The summed E-state index contributed by atoms with van der Waals surface area (Å²) in [7, 11) is 0. The van der Waals surface area contributed by atoms with Crippen molar-refractivity contribution in [2.24, 2.45) is 0 Å². The fraction of sp³-hybridized carbons (Fsp3) is 0.105. The van der Waals surface area contributed by atoms with Gasteiger partial charge in [-0.15, -0.1) is 13.2 Å². The molecule has 3 rings (SSSR count). The molecule has 11 heteroatoms. The molecule has 0 unspecified atom stereocenters. The van der Waals surface area contributed by atoms with Gasteiger partial charge in [-0.1, -0.05) is 6.07 Å². The molecule has 0 aliphatic rings. The Morgan fingerprint density at radius 3 is 2.37 bits per heavy atom. The number of hydrogen-bond donors (Lipinski definition) is 2. The third kappa shape index (κ3) is 5.13. The molecule has 0 saturated heterocycles. The van der Waals surface area contributed by atoms with Crippen molar-refractivity contribution in [2.45, 2.75) is 13.3 Å². The van der Waals surface area contributed by atoms with Crippen LogP contribution < -0.4 is 19.6 Å². The van der Waals surface area contributed by atoms with Crippen molar-refractivity contribution in [3.63, 3.8) is 0 Å². The maximum Gasteiger partial charge on any atom is 0.573 e. The number of amides is 1. The van der Waals surface area contributed by atoms with Crippen LogP contribution in [0.5, 0.6) is 17.2 Å². The molecule has 0 atom stereocenters. The quantitative estimate of drug-likeness (QED) is 0.368. The van der Waals surface area contributed by atoms with E-state index < -0.39 is 29.4 Å². The van der Waals surface area contributed by atoms with Gasteiger partial charge in [-0.3, -0.25) is 10.0 Å². The summed E-state index contributed by atoms with van der Waals surface area (Å²) in [6.45, 7) is 1.46. The molecule has 1 heterocycles. The van der Waals surface area contributed by atoms with Crippen LogP contribution in [-0.4, -0.2) is 22.6 Å². The van der Waals surface area contributed by atoms with Crippen LogP contribution in [0.25, 0.3) is 0 Å². The Morgan fingerprint density at radius 1 is 1.10 bits per heavy atom. The smallest absolute Gasteiger partial charge is 0.456 e. The molecule has 0 bridgehead atoms.